The number of pyridine rings is 1. The molecule has 222 valence electrons. The van der Waals surface area contributed by atoms with E-state index < -0.39 is 0 Å². The Morgan fingerprint density at radius 2 is 0.938 bits per heavy atom. The summed E-state index contributed by atoms with van der Waals surface area (Å²) in [5.74, 6) is 0.748. The summed E-state index contributed by atoms with van der Waals surface area (Å²) in [5.41, 5.74) is 9.06. The summed E-state index contributed by atoms with van der Waals surface area (Å²) in [5, 5.41) is 4.56. The molecule has 0 amide bonds. The zero-order valence-electron chi connectivity index (χ0n) is 25.7. The largest absolute Gasteiger partial charge is 0.310 e. The van der Waals surface area contributed by atoms with Gasteiger partial charge in [0, 0.05) is 44.6 Å². The first kappa shape index (κ1) is 27.4. The van der Waals surface area contributed by atoms with Crippen LogP contribution in [0.5, 0.6) is 0 Å². The highest BCUT2D eigenvalue weighted by Crippen LogP contribution is 2.48. The van der Waals surface area contributed by atoms with Crippen molar-refractivity contribution >= 4 is 55.0 Å². The van der Waals surface area contributed by atoms with E-state index in [0.29, 0.717) is 16.9 Å². The molecule has 0 aliphatic carbocycles. The molecular formula is C43H25N5. The van der Waals surface area contributed by atoms with E-state index in [0.717, 1.165) is 71.8 Å². The van der Waals surface area contributed by atoms with E-state index in [1.54, 1.807) is 6.20 Å². The number of hydrogen-bond acceptors (Lipinski definition) is 1. The van der Waals surface area contributed by atoms with Gasteiger partial charge in [-0.05, 0) is 47.5 Å². The Morgan fingerprint density at radius 3 is 1.50 bits per heavy atom. The third-order valence-electron chi connectivity index (χ3n) is 9.25. The maximum Gasteiger partial charge on any atom is 0.201 e. The minimum absolute atomic E-state index is 0.477. The fourth-order valence-electron chi connectivity index (χ4n) is 7.28. The molecule has 0 aliphatic heterocycles. The molecular weight excluding hydrogens is 587 g/mol. The molecule has 0 N–H and O–H groups in total. The molecule has 0 bridgehead atoms. The highest BCUT2D eigenvalue weighted by atomic mass is 15.1. The van der Waals surface area contributed by atoms with Crippen molar-refractivity contribution in [2.24, 2.45) is 0 Å². The zero-order valence-corrected chi connectivity index (χ0v) is 25.7. The van der Waals surface area contributed by atoms with Gasteiger partial charge in [-0.1, -0.05) is 109 Å². The predicted molar refractivity (Wildman–Crippen MR) is 196 cm³/mol. The van der Waals surface area contributed by atoms with Gasteiger partial charge in [0.25, 0.3) is 0 Å². The van der Waals surface area contributed by atoms with Crippen molar-refractivity contribution < 1.29 is 0 Å². The Balaban J connectivity index is 1.34. The Kier molecular flexibility index (Phi) is 6.18. The van der Waals surface area contributed by atoms with Crippen LogP contribution >= 0.6 is 0 Å². The summed E-state index contributed by atoms with van der Waals surface area (Å²) < 4.78 is 4.42. The number of benzene rings is 6. The van der Waals surface area contributed by atoms with Crippen LogP contribution in [0.15, 0.2) is 152 Å². The molecule has 0 radical (unpaired) electrons. The number of para-hydroxylation sites is 5. The van der Waals surface area contributed by atoms with Gasteiger partial charge in [0.15, 0.2) is 5.69 Å². The number of fused-ring (bicyclic) bond motifs is 6. The molecule has 5 nitrogen and oxygen atoms in total. The van der Waals surface area contributed by atoms with E-state index in [4.69, 9.17) is 18.1 Å². The lowest BCUT2D eigenvalue weighted by Gasteiger charge is -2.19. The molecule has 5 heteroatoms. The first-order valence-corrected chi connectivity index (χ1v) is 15.7. The van der Waals surface area contributed by atoms with E-state index in [2.05, 4.69) is 97.7 Å². The summed E-state index contributed by atoms with van der Waals surface area (Å²) in [6.45, 7) is 16.8. The fourth-order valence-corrected chi connectivity index (χ4v) is 7.28. The van der Waals surface area contributed by atoms with Crippen LogP contribution in [0.1, 0.15) is 0 Å². The maximum atomic E-state index is 8.58. The van der Waals surface area contributed by atoms with E-state index in [-0.39, 0.29) is 0 Å². The van der Waals surface area contributed by atoms with Gasteiger partial charge < -0.3 is 4.57 Å². The highest BCUT2D eigenvalue weighted by molar-refractivity contribution is 6.12. The Bertz CT molecular complexity index is 2710. The van der Waals surface area contributed by atoms with Crippen molar-refractivity contribution in [3.8, 4) is 33.8 Å². The fraction of sp³-hybridized carbons (Fsp3) is 0. The molecule has 6 aromatic carbocycles. The van der Waals surface area contributed by atoms with E-state index in [1.807, 2.05) is 66.7 Å². The van der Waals surface area contributed by atoms with Crippen LogP contribution in [0.2, 0.25) is 0 Å². The molecule has 9 aromatic rings. The van der Waals surface area contributed by atoms with E-state index in [9.17, 15) is 0 Å². The van der Waals surface area contributed by atoms with Gasteiger partial charge in [-0.2, -0.15) is 0 Å². The van der Waals surface area contributed by atoms with Crippen LogP contribution in [0, 0.1) is 13.1 Å². The number of rotatable bonds is 4. The monoisotopic (exact) mass is 611 g/mol. The second-order valence-electron chi connectivity index (χ2n) is 11.7. The summed E-state index contributed by atoms with van der Waals surface area (Å²) in [6.07, 6.45) is 1.80. The second kappa shape index (κ2) is 10.8. The summed E-state index contributed by atoms with van der Waals surface area (Å²) in [6, 6.07) is 49.1. The van der Waals surface area contributed by atoms with Crippen molar-refractivity contribution in [3.05, 3.63) is 175 Å². The smallest absolute Gasteiger partial charge is 0.201 e. The molecule has 48 heavy (non-hydrogen) atoms. The van der Waals surface area contributed by atoms with Crippen molar-refractivity contribution in [1.29, 1.82) is 0 Å². The molecule has 0 fully saturated rings. The minimum atomic E-state index is 0.477. The average Bonchev–Trinajstić information content (AvgIpc) is 3.67. The summed E-state index contributed by atoms with van der Waals surface area (Å²) in [7, 11) is 0. The van der Waals surface area contributed by atoms with Crippen molar-refractivity contribution in [2.75, 3.05) is 0 Å². The molecule has 0 saturated heterocycles. The average molecular weight is 612 g/mol. The molecule has 0 spiro atoms. The predicted octanol–water partition coefficient (Wildman–Crippen LogP) is 11.7. The number of hydrogen-bond donors (Lipinski definition) is 0. The third-order valence-corrected chi connectivity index (χ3v) is 9.25. The molecule has 0 unspecified atom stereocenters. The minimum Gasteiger partial charge on any atom is -0.310 e. The maximum absolute atomic E-state index is 8.58. The van der Waals surface area contributed by atoms with Crippen molar-refractivity contribution in [3.63, 3.8) is 0 Å². The number of aromatic nitrogens is 3. The first-order valence-electron chi connectivity index (χ1n) is 15.7. The van der Waals surface area contributed by atoms with Gasteiger partial charge in [-0.3, -0.25) is 4.57 Å². The van der Waals surface area contributed by atoms with E-state index >= 15 is 0 Å². The molecule has 0 atom stereocenters. The van der Waals surface area contributed by atoms with Crippen LogP contribution in [-0.4, -0.2) is 14.1 Å². The molecule has 9 rings (SSSR count). The topological polar surface area (TPSA) is 31.5 Å². The molecule has 0 aliphatic rings. The van der Waals surface area contributed by atoms with Crippen molar-refractivity contribution in [2.45, 2.75) is 0 Å². The summed E-state index contributed by atoms with van der Waals surface area (Å²) >= 11 is 0. The van der Waals surface area contributed by atoms with Gasteiger partial charge in [0.2, 0.25) is 5.69 Å². The Hall–Kier alpha value is -6.95. The van der Waals surface area contributed by atoms with Gasteiger partial charge in [0.1, 0.15) is 5.82 Å². The number of nitrogens with zero attached hydrogens (tertiary/aromatic N) is 5. The summed E-state index contributed by atoms with van der Waals surface area (Å²) in [4.78, 5) is 13.1. The SMILES string of the molecule is [C-]#[N+]c1cccc(-n2c3ccccc3c3ccccc32)c1-c1cccc(-c2cccnc2-n2c3ccccc3c3ccccc32)c1[N+]#[C-]. The van der Waals surface area contributed by atoms with Crippen LogP contribution in [0.3, 0.4) is 0 Å². The first-order chi connectivity index (χ1) is 23.8. The third kappa shape index (κ3) is 3.92. The van der Waals surface area contributed by atoms with Gasteiger partial charge in [0.05, 0.1) is 35.2 Å². The van der Waals surface area contributed by atoms with Gasteiger partial charge in [-0.15, -0.1) is 0 Å². The Labute approximate surface area is 276 Å². The highest BCUT2D eigenvalue weighted by Gasteiger charge is 2.23. The van der Waals surface area contributed by atoms with Gasteiger partial charge >= 0.3 is 0 Å². The standard InChI is InChI=1S/C43H25N5/c1-44-35-21-12-26-40(47-36-22-7-3-14-28(36)29-15-4-8-23-37(29)47)41(35)34-19-11-18-32(42(34)45-2)33-20-13-27-46-43(33)48-38-24-9-5-16-30(38)31-17-6-10-25-39(31)48/h3-27H. The van der Waals surface area contributed by atoms with Gasteiger partial charge in [-0.25, -0.2) is 14.7 Å². The van der Waals surface area contributed by atoms with Crippen molar-refractivity contribution in [1.82, 2.24) is 14.1 Å². The zero-order chi connectivity index (χ0) is 32.2. The normalized spacial score (nSPS) is 11.3. The lowest BCUT2D eigenvalue weighted by atomic mass is 9.94. The molecule has 3 heterocycles. The van der Waals surface area contributed by atoms with Crippen LogP contribution in [-0.2, 0) is 0 Å². The van der Waals surface area contributed by atoms with Crippen LogP contribution in [0.4, 0.5) is 11.4 Å². The molecule has 0 saturated carbocycles. The van der Waals surface area contributed by atoms with Crippen LogP contribution < -0.4 is 0 Å². The van der Waals surface area contributed by atoms with E-state index in [1.165, 1.54) is 0 Å². The lowest BCUT2D eigenvalue weighted by molar-refractivity contribution is 1.08. The lowest BCUT2D eigenvalue weighted by Crippen LogP contribution is -2.01. The second-order valence-corrected chi connectivity index (χ2v) is 11.7. The quantitative estimate of drug-likeness (QED) is 0.182. The molecule has 3 aromatic heterocycles. The Morgan fingerprint density at radius 1 is 0.438 bits per heavy atom. The van der Waals surface area contributed by atoms with Crippen LogP contribution in [0.25, 0.3) is 87.1 Å².